The molecule has 258 valence electrons. The van der Waals surface area contributed by atoms with Crippen LogP contribution in [0.15, 0.2) is 50.6 Å². The van der Waals surface area contributed by atoms with Crippen molar-refractivity contribution in [3.05, 3.63) is 46.1 Å². The highest BCUT2D eigenvalue weighted by atomic mass is 32.2. The molecule has 5 heterocycles. The summed E-state index contributed by atoms with van der Waals surface area (Å²) >= 11 is 3.16. The second-order valence-corrected chi connectivity index (χ2v) is 13.5. The van der Waals surface area contributed by atoms with Crippen LogP contribution in [0.25, 0.3) is 0 Å². The van der Waals surface area contributed by atoms with Crippen LogP contribution in [0.3, 0.4) is 0 Å². The molecule has 1 unspecified atom stereocenters. The van der Waals surface area contributed by atoms with E-state index >= 15 is 0 Å². The number of thioether (sulfide) groups is 2. The lowest BCUT2D eigenvalue weighted by atomic mass is 10.0. The van der Waals surface area contributed by atoms with Crippen LogP contribution in [0.1, 0.15) is 19.5 Å². The maximum Gasteiger partial charge on any atom is 0.500 e. The Kier molecular flexibility index (Phi) is 9.67. The van der Waals surface area contributed by atoms with Gasteiger partial charge in [-0.05, 0) is 25.5 Å². The zero-order valence-electron chi connectivity index (χ0n) is 24.6. The lowest BCUT2D eigenvalue weighted by Crippen LogP contribution is -2.71. The van der Waals surface area contributed by atoms with Gasteiger partial charge in [0.15, 0.2) is 16.7 Å². The molecule has 3 amide bonds. The second-order valence-electron chi connectivity index (χ2n) is 10.5. The maximum atomic E-state index is 13.3. The Hall–Kier alpha value is -4.36. The molecule has 9 N–H and O–H groups in total. The molecule has 0 radical (unpaired) electrons. The molecule has 48 heavy (non-hydrogen) atoms. The fourth-order valence-corrected chi connectivity index (χ4v) is 7.43. The summed E-state index contributed by atoms with van der Waals surface area (Å²) in [6, 6.07) is -1.17. The predicted molar refractivity (Wildman–Crippen MR) is 166 cm³/mol. The van der Waals surface area contributed by atoms with Gasteiger partial charge in [0.05, 0.1) is 18.5 Å². The fraction of sp³-hybridized carbons (Fsp3) is 0.375. The Morgan fingerprint density at radius 3 is 2.65 bits per heavy atom. The van der Waals surface area contributed by atoms with Crippen LogP contribution in [0.5, 0.6) is 0 Å². The number of aliphatic carboxylic acids is 1. The van der Waals surface area contributed by atoms with E-state index in [-0.39, 0.29) is 49.6 Å². The van der Waals surface area contributed by atoms with Gasteiger partial charge in [-0.3, -0.25) is 24.7 Å². The quantitative estimate of drug-likeness (QED) is 0.0393. The monoisotopic (exact) mass is 733 g/mol. The maximum absolute atomic E-state index is 13.3. The first-order valence-corrected chi connectivity index (χ1v) is 16.3. The molecule has 18 nitrogen and oxygen atoms in total. The van der Waals surface area contributed by atoms with E-state index in [9.17, 15) is 42.6 Å². The van der Waals surface area contributed by atoms with Crippen molar-refractivity contribution in [3.63, 3.8) is 0 Å². The average Bonchev–Trinajstić information content (AvgIpc) is 3.67. The standard InChI is InChI=1S/C24H26F3N11O7S3/c1-23(2,21(44)33-29)45-34-14(11-8-48-22(28)30-11)17(40)32-15-18(41)37-16(20(42)43)9(7-47-19(15)37)6-46-13-3-10(5-39)38-12(31-13)4-36(35-38)24(25,26)27/h3-4,8,15,19,35,39H,5-7,29H2,1-2H3,(H2,28,30)(H,32,40)(H,33,44)(H,42,43)/b34-14-/t15?,19-/m1/s1. The van der Waals surface area contributed by atoms with E-state index < -0.39 is 59.3 Å². The number of oxime groups is 1. The zero-order valence-corrected chi connectivity index (χ0v) is 27.1. The summed E-state index contributed by atoms with van der Waals surface area (Å²) in [6.07, 6.45) is -2.72. The Bertz CT molecular complexity index is 1710. The van der Waals surface area contributed by atoms with Crippen molar-refractivity contribution in [3.8, 4) is 0 Å². The van der Waals surface area contributed by atoms with Gasteiger partial charge >= 0.3 is 12.3 Å². The first kappa shape index (κ1) is 35.0. The highest BCUT2D eigenvalue weighted by molar-refractivity contribution is 8.14. The number of β-lactam (4-membered cyclic amide) rings is 1. The summed E-state index contributed by atoms with van der Waals surface area (Å²) in [5.41, 5.74) is 7.72. The molecule has 4 aliphatic heterocycles. The van der Waals surface area contributed by atoms with Gasteiger partial charge in [0.1, 0.15) is 27.9 Å². The van der Waals surface area contributed by atoms with E-state index in [0.29, 0.717) is 11.8 Å². The summed E-state index contributed by atoms with van der Waals surface area (Å²) in [5.74, 6) is 1.32. The van der Waals surface area contributed by atoms with Crippen molar-refractivity contribution in [2.45, 2.75) is 37.2 Å². The van der Waals surface area contributed by atoms with Gasteiger partial charge < -0.3 is 26.1 Å². The van der Waals surface area contributed by atoms with Crippen molar-refractivity contribution < 1.29 is 47.4 Å². The smallest absolute Gasteiger partial charge is 0.477 e. The molecule has 1 saturated heterocycles. The number of carbonyl (C=O) groups is 4. The number of aliphatic hydroxyl groups excluding tert-OH is 1. The van der Waals surface area contributed by atoms with Gasteiger partial charge in [-0.1, -0.05) is 5.16 Å². The van der Waals surface area contributed by atoms with Gasteiger partial charge in [-0.15, -0.1) is 53.6 Å². The molecule has 4 aliphatic rings. The van der Waals surface area contributed by atoms with Gasteiger partial charge in [-0.2, -0.15) is 0 Å². The predicted octanol–water partition coefficient (Wildman–Crippen LogP) is -0.669. The Balaban J connectivity index is 1.31. The van der Waals surface area contributed by atoms with E-state index in [4.69, 9.17) is 16.4 Å². The third-order valence-electron chi connectivity index (χ3n) is 6.87. The molecule has 2 atom stereocenters. The number of nitrogens with zero attached hydrogens (tertiary/aromatic N) is 6. The van der Waals surface area contributed by atoms with Crippen molar-refractivity contribution >= 4 is 74.4 Å². The largest absolute Gasteiger partial charge is 0.500 e. The number of thiazole rings is 1. The Labute approximate surface area is 280 Å². The van der Waals surface area contributed by atoms with Crippen LogP contribution in [-0.2, 0) is 24.0 Å². The van der Waals surface area contributed by atoms with Gasteiger partial charge in [0.2, 0.25) is 5.60 Å². The number of nitrogens with two attached hydrogens (primary N) is 2. The molecule has 0 spiro atoms. The third kappa shape index (κ3) is 6.79. The number of aliphatic hydroxyl groups is 1. The number of nitrogen functional groups attached to an aromatic ring is 1. The summed E-state index contributed by atoms with van der Waals surface area (Å²) in [5, 5.41) is 27.8. The van der Waals surface area contributed by atoms with Gasteiger partial charge in [-0.25, -0.2) is 30.6 Å². The number of aromatic nitrogens is 1. The molecule has 0 aromatic carbocycles. The fourth-order valence-electron chi connectivity index (χ4n) is 4.46. The van der Waals surface area contributed by atoms with Crippen LogP contribution < -0.4 is 27.9 Å². The topological polar surface area (TPSA) is 253 Å². The van der Waals surface area contributed by atoms with Crippen molar-refractivity contribution in [1.29, 1.82) is 0 Å². The van der Waals surface area contributed by atoms with Crippen molar-refractivity contribution in [2.75, 3.05) is 23.8 Å². The molecule has 5 rings (SSSR count). The summed E-state index contributed by atoms with van der Waals surface area (Å²) in [6.45, 7) is 2.06. The lowest BCUT2D eigenvalue weighted by Gasteiger charge is -2.49. The number of aliphatic imine (C=N–C) groups is 1. The van der Waals surface area contributed by atoms with Crippen molar-refractivity contribution in [1.82, 2.24) is 36.2 Å². The number of hydrogen-bond acceptors (Lipinski definition) is 17. The molecular weight excluding hydrogens is 708 g/mol. The first-order chi connectivity index (χ1) is 22.5. The summed E-state index contributed by atoms with van der Waals surface area (Å²) in [4.78, 5) is 65.5. The number of hydrazine groups is 3. The van der Waals surface area contributed by atoms with Crippen LogP contribution in [0, 0.1) is 0 Å². The third-order valence-corrected chi connectivity index (χ3v) is 9.88. The number of carboxylic acids is 1. The number of halogens is 3. The minimum atomic E-state index is -4.76. The lowest BCUT2D eigenvalue weighted by molar-refractivity contribution is -0.251. The zero-order chi connectivity index (χ0) is 35.1. The van der Waals surface area contributed by atoms with E-state index in [1.807, 2.05) is 5.43 Å². The Morgan fingerprint density at radius 2 is 2.04 bits per heavy atom. The molecular formula is C24H26F3N11O7S3. The minimum Gasteiger partial charge on any atom is -0.477 e. The molecule has 1 fully saturated rings. The summed E-state index contributed by atoms with van der Waals surface area (Å²) < 4.78 is 39.5. The minimum absolute atomic E-state index is 0.00766. The number of hydrogen-bond donors (Lipinski definition) is 7. The van der Waals surface area contributed by atoms with Crippen LogP contribution in [0.2, 0.25) is 0 Å². The number of alkyl halides is 3. The average molecular weight is 734 g/mol. The van der Waals surface area contributed by atoms with Crippen molar-refractivity contribution in [2.24, 2.45) is 16.0 Å². The highest BCUT2D eigenvalue weighted by Gasteiger charge is 2.54. The molecule has 0 bridgehead atoms. The number of anilines is 1. The van der Waals surface area contributed by atoms with E-state index in [2.05, 4.69) is 26.0 Å². The van der Waals surface area contributed by atoms with Crippen LogP contribution in [-0.4, -0.2) is 106 Å². The van der Waals surface area contributed by atoms with Gasteiger partial charge in [0, 0.05) is 16.9 Å². The number of rotatable bonds is 10. The first-order valence-electron chi connectivity index (χ1n) is 13.4. The number of carbonyl (C=O) groups excluding carboxylic acids is 3. The Morgan fingerprint density at radius 1 is 1.31 bits per heavy atom. The van der Waals surface area contributed by atoms with Gasteiger partial charge in [0.25, 0.3) is 17.7 Å². The van der Waals surface area contributed by atoms with Crippen LogP contribution in [0.4, 0.5) is 18.3 Å². The molecule has 0 aliphatic carbocycles. The molecule has 24 heteroatoms. The second kappa shape index (κ2) is 13.3. The number of amides is 3. The van der Waals surface area contributed by atoms with E-state index in [1.165, 1.54) is 37.1 Å². The van der Waals surface area contributed by atoms with E-state index in [0.717, 1.165) is 33.0 Å². The number of fused-ring (bicyclic) bond motifs is 2. The normalized spacial score (nSPS) is 21.1. The van der Waals surface area contributed by atoms with E-state index in [1.54, 1.807) is 0 Å². The summed E-state index contributed by atoms with van der Waals surface area (Å²) in [7, 11) is 0. The SMILES string of the molecule is CC(C)(O/N=C(\C(=O)NC1C(=O)N2C(C(=O)O)=C(CSC3=NC4=CN(C(F)(F)F)NN4C(CO)=C3)CS[C@H]12)c1csc(N)n1)C(=O)NN. The highest BCUT2D eigenvalue weighted by Crippen LogP contribution is 2.41. The van der Waals surface area contributed by atoms with Crippen LogP contribution >= 0.6 is 34.9 Å². The molecule has 1 aromatic heterocycles. The number of nitrogens with one attached hydrogen (secondary N) is 3. The molecule has 0 saturated carbocycles. The number of carboxylic acid groups (broad SMARTS) is 1. The molecule has 1 aromatic rings.